The number of hydrogen-bond donors (Lipinski definition) is 3. The molecule has 0 spiro atoms. The third-order valence-corrected chi connectivity index (χ3v) is 3.68. The van der Waals surface area contributed by atoms with Gasteiger partial charge in [0, 0.05) is 11.1 Å². The lowest BCUT2D eigenvalue weighted by Crippen LogP contribution is -2.48. The second-order valence-corrected chi connectivity index (χ2v) is 7.07. The third-order valence-electron chi connectivity index (χ3n) is 2.98. The first-order chi connectivity index (χ1) is 12.3. The second kappa shape index (κ2) is 11.8. The molecule has 0 radical (unpaired) electrons. The quantitative estimate of drug-likeness (QED) is 0.323. The van der Waals surface area contributed by atoms with Crippen LogP contribution in [0.4, 0.5) is 0 Å². The molecular weight excluding hydrogens is 422 g/mol. The molecule has 7 nitrogen and oxygen atoms in total. The van der Waals surface area contributed by atoms with Gasteiger partial charge in [-0.1, -0.05) is 29.8 Å². The lowest BCUT2D eigenvalue weighted by molar-refractivity contribution is -0.122. The lowest BCUT2D eigenvalue weighted by atomic mass is 10.2. The van der Waals surface area contributed by atoms with Gasteiger partial charge in [-0.2, -0.15) is 0 Å². The van der Waals surface area contributed by atoms with Crippen molar-refractivity contribution < 1.29 is 19.1 Å². The number of hydrazine groups is 1. The topological polar surface area (TPSA) is 88.7 Å². The normalized spacial score (nSPS) is 10.3. The van der Waals surface area contributed by atoms with Gasteiger partial charge < -0.3 is 9.47 Å². The molecule has 0 saturated carbocycles. The van der Waals surface area contributed by atoms with Gasteiger partial charge in [-0.05, 0) is 43.3 Å². The van der Waals surface area contributed by atoms with Crippen LogP contribution in [0.2, 0.25) is 0 Å². The molecule has 0 heterocycles. The number of rotatable bonds is 8. The van der Waals surface area contributed by atoms with Crippen LogP contribution in [-0.4, -0.2) is 36.7 Å². The molecule has 144 valence electrons. The zero-order valence-electron chi connectivity index (χ0n) is 15.1. The minimum atomic E-state index is -0.439. The maximum Gasteiger partial charge on any atom is 0.261 e. The van der Waals surface area contributed by atoms with Gasteiger partial charge in [0.1, 0.15) is 5.75 Å². The molecule has 2 amide bonds. The number of carbonyl (C=O) groups is 2. The predicted molar refractivity (Wildman–Crippen MR) is 107 cm³/mol. The van der Waals surface area contributed by atoms with Gasteiger partial charge in [0.25, 0.3) is 5.91 Å². The maximum absolute atomic E-state index is 12.5. The summed E-state index contributed by atoms with van der Waals surface area (Å²) in [6.07, 6.45) is 0.191. The Labute approximate surface area is 167 Å². The van der Waals surface area contributed by atoms with Crippen molar-refractivity contribution in [2.45, 2.75) is 27.2 Å². The molecule has 1 aromatic carbocycles. The van der Waals surface area contributed by atoms with Crippen LogP contribution < -0.4 is 20.9 Å². The van der Waals surface area contributed by atoms with Crippen LogP contribution in [0.1, 0.15) is 37.6 Å². The average Bonchev–Trinajstić information content (AvgIpc) is 2.59. The fourth-order valence-corrected chi connectivity index (χ4v) is 2.27. The molecule has 0 unspecified atom stereocenters. The zero-order chi connectivity index (χ0) is 19.5. The van der Waals surface area contributed by atoms with E-state index in [-0.39, 0.29) is 17.4 Å². The highest BCUT2D eigenvalue weighted by atomic mass is 79.9. The smallest absolute Gasteiger partial charge is 0.261 e. The van der Waals surface area contributed by atoms with Gasteiger partial charge in [-0.15, -0.1) is 0 Å². The van der Waals surface area contributed by atoms with Gasteiger partial charge >= 0.3 is 0 Å². The summed E-state index contributed by atoms with van der Waals surface area (Å²) in [6, 6.07) is 5.16. The van der Waals surface area contributed by atoms with Gasteiger partial charge in [0.05, 0.1) is 25.2 Å². The van der Waals surface area contributed by atoms with Crippen molar-refractivity contribution in [3.8, 4) is 5.75 Å². The van der Waals surface area contributed by atoms with Crippen molar-refractivity contribution in [3.05, 3.63) is 28.2 Å². The van der Waals surface area contributed by atoms with Crippen LogP contribution in [0.25, 0.3) is 0 Å². The van der Waals surface area contributed by atoms with Crippen LogP contribution in [-0.2, 0) is 9.53 Å². The first-order valence-electron chi connectivity index (χ1n) is 8.23. The number of halogens is 1. The van der Waals surface area contributed by atoms with Crippen molar-refractivity contribution in [2.75, 3.05) is 19.8 Å². The summed E-state index contributed by atoms with van der Waals surface area (Å²) < 4.78 is 11.5. The minimum absolute atomic E-state index is 0.0189. The molecule has 1 aromatic rings. The molecule has 0 aromatic heterocycles. The summed E-state index contributed by atoms with van der Waals surface area (Å²) in [4.78, 5) is 24.0. The Kier molecular flexibility index (Phi) is 10.2. The standard InChI is InChI=1S/C17H24BrN3O4S/c1-4-24-8-7-15(22)20-21-17(26)19-16(23)13-9-12(18)5-6-14(13)25-10-11(2)3/h5-6,9,11H,4,7-8,10H2,1-3H3,(H,20,22)(H2,19,21,23,26). The Hall–Kier alpha value is -1.71. The van der Waals surface area contributed by atoms with Crippen molar-refractivity contribution in [3.63, 3.8) is 0 Å². The molecule has 1 rings (SSSR count). The van der Waals surface area contributed by atoms with E-state index in [0.29, 0.717) is 37.1 Å². The van der Waals surface area contributed by atoms with Crippen LogP contribution in [0.5, 0.6) is 5.75 Å². The molecule has 26 heavy (non-hydrogen) atoms. The number of hydrogen-bond acceptors (Lipinski definition) is 5. The molecule has 0 saturated heterocycles. The van der Waals surface area contributed by atoms with E-state index < -0.39 is 5.91 Å². The van der Waals surface area contributed by atoms with E-state index in [1.54, 1.807) is 18.2 Å². The Morgan fingerprint density at radius 2 is 2.00 bits per heavy atom. The summed E-state index contributed by atoms with van der Waals surface area (Å²) in [5.74, 6) is 0.0525. The number of nitrogens with one attached hydrogen (secondary N) is 3. The predicted octanol–water partition coefficient (Wildman–Crippen LogP) is 2.55. The minimum Gasteiger partial charge on any atom is -0.492 e. The number of ether oxygens (including phenoxy) is 2. The summed E-state index contributed by atoms with van der Waals surface area (Å²) >= 11 is 8.36. The summed E-state index contributed by atoms with van der Waals surface area (Å²) in [5, 5.41) is 2.49. The van der Waals surface area contributed by atoms with E-state index in [0.717, 1.165) is 4.47 Å². The molecule has 0 aliphatic heterocycles. The van der Waals surface area contributed by atoms with Gasteiger partial charge in [-0.25, -0.2) is 0 Å². The largest absolute Gasteiger partial charge is 0.492 e. The highest BCUT2D eigenvalue weighted by Gasteiger charge is 2.15. The van der Waals surface area contributed by atoms with Crippen LogP contribution >= 0.6 is 28.1 Å². The van der Waals surface area contributed by atoms with E-state index in [9.17, 15) is 9.59 Å². The van der Waals surface area contributed by atoms with Crippen LogP contribution in [0, 0.1) is 5.92 Å². The van der Waals surface area contributed by atoms with E-state index in [4.69, 9.17) is 21.7 Å². The van der Waals surface area contributed by atoms with E-state index in [1.165, 1.54) is 0 Å². The first kappa shape index (κ1) is 22.3. The number of carbonyl (C=O) groups excluding carboxylic acids is 2. The van der Waals surface area contributed by atoms with Crippen molar-refractivity contribution in [2.24, 2.45) is 5.92 Å². The Morgan fingerprint density at radius 3 is 2.65 bits per heavy atom. The SMILES string of the molecule is CCOCCC(=O)NNC(=S)NC(=O)c1cc(Br)ccc1OCC(C)C. The summed E-state index contributed by atoms with van der Waals surface area (Å²) in [5.41, 5.74) is 5.22. The first-order valence-corrected chi connectivity index (χ1v) is 9.43. The molecule has 3 N–H and O–H groups in total. The lowest BCUT2D eigenvalue weighted by Gasteiger charge is -2.15. The number of amides is 2. The summed E-state index contributed by atoms with van der Waals surface area (Å²) in [6.45, 7) is 7.24. The Morgan fingerprint density at radius 1 is 1.27 bits per heavy atom. The van der Waals surface area contributed by atoms with E-state index in [2.05, 4.69) is 32.1 Å². The monoisotopic (exact) mass is 445 g/mol. The van der Waals surface area contributed by atoms with Crippen LogP contribution in [0.15, 0.2) is 22.7 Å². The molecule has 9 heteroatoms. The molecular formula is C17H24BrN3O4S. The van der Waals surface area contributed by atoms with Crippen LogP contribution in [0.3, 0.4) is 0 Å². The Bertz CT molecular complexity index is 640. The fraction of sp³-hybridized carbons (Fsp3) is 0.471. The van der Waals surface area contributed by atoms with E-state index in [1.807, 2.05) is 20.8 Å². The average molecular weight is 446 g/mol. The van der Waals surface area contributed by atoms with Gasteiger partial charge in [0.2, 0.25) is 5.91 Å². The molecule has 0 aliphatic rings. The highest BCUT2D eigenvalue weighted by molar-refractivity contribution is 9.10. The van der Waals surface area contributed by atoms with Crippen molar-refractivity contribution in [1.29, 1.82) is 0 Å². The molecule has 0 atom stereocenters. The van der Waals surface area contributed by atoms with Crippen molar-refractivity contribution in [1.82, 2.24) is 16.2 Å². The second-order valence-electron chi connectivity index (χ2n) is 5.75. The van der Waals surface area contributed by atoms with Crippen molar-refractivity contribution >= 4 is 45.1 Å². The van der Waals surface area contributed by atoms with E-state index >= 15 is 0 Å². The maximum atomic E-state index is 12.5. The third kappa shape index (κ3) is 8.59. The van der Waals surface area contributed by atoms with Gasteiger partial charge in [-0.3, -0.25) is 25.8 Å². The molecule has 0 aliphatic carbocycles. The zero-order valence-corrected chi connectivity index (χ0v) is 17.5. The Balaban J connectivity index is 2.59. The number of thiocarbonyl (C=S) groups is 1. The number of benzene rings is 1. The molecule has 0 fully saturated rings. The highest BCUT2D eigenvalue weighted by Crippen LogP contribution is 2.23. The fourth-order valence-electron chi connectivity index (χ4n) is 1.76. The molecule has 0 bridgehead atoms. The van der Waals surface area contributed by atoms with Gasteiger partial charge in [0.15, 0.2) is 5.11 Å². The summed E-state index contributed by atoms with van der Waals surface area (Å²) in [7, 11) is 0.